The van der Waals surface area contributed by atoms with Gasteiger partial charge in [0.25, 0.3) is 0 Å². The maximum absolute atomic E-state index is 11.9. The predicted octanol–water partition coefficient (Wildman–Crippen LogP) is 3.34. The molecule has 5 heteroatoms. The Bertz CT molecular complexity index is 707. The molecule has 0 radical (unpaired) electrons. The van der Waals surface area contributed by atoms with Gasteiger partial charge in [-0.15, -0.1) is 0 Å². The number of nitrogens with one attached hydrogen (secondary N) is 1. The number of rotatable bonds is 9. The molecule has 0 aliphatic heterocycles. The zero-order chi connectivity index (χ0) is 17.9. The molecule has 2 rings (SSSR count). The number of hydrogen-bond acceptors (Lipinski definition) is 4. The molecule has 5 nitrogen and oxygen atoms in total. The van der Waals surface area contributed by atoms with Crippen LogP contribution < -0.4 is 14.9 Å². The van der Waals surface area contributed by atoms with Crippen LogP contribution in [0.3, 0.4) is 0 Å². The maximum Gasteiger partial charge on any atom is 0.244 e. The van der Waals surface area contributed by atoms with E-state index in [0.29, 0.717) is 13.2 Å². The van der Waals surface area contributed by atoms with Crippen molar-refractivity contribution in [3.05, 3.63) is 72.3 Å². The van der Waals surface area contributed by atoms with Crippen LogP contribution in [-0.2, 0) is 11.2 Å². The summed E-state index contributed by atoms with van der Waals surface area (Å²) in [5.74, 6) is 1.38. The summed E-state index contributed by atoms with van der Waals surface area (Å²) in [6, 6.07) is 14.9. The summed E-state index contributed by atoms with van der Waals surface area (Å²) in [6.45, 7) is 6.62. The van der Waals surface area contributed by atoms with E-state index >= 15 is 0 Å². The molecular formula is C20H22N2O3. The zero-order valence-electron chi connectivity index (χ0n) is 14.3. The Morgan fingerprint density at radius 3 is 2.36 bits per heavy atom. The van der Waals surface area contributed by atoms with Crippen molar-refractivity contribution in [2.24, 2.45) is 5.10 Å². The fourth-order valence-electron chi connectivity index (χ4n) is 2.08. The van der Waals surface area contributed by atoms with E-state index in [2.05, 4.69) is 17.1 Å². The number of carbonyl (C=O) groups is 1. The van der Waals surface area contributed by atoms with Crippen LogP contribution in [0.2, 0.25) is 0 Å². The third-order valence-electron chi connectivity index (χ3n) is 3.25. The average molecular weight is 338 g/mol. The van der Waals surface area contributed by atoms with E-state index in [1.165, 1.54) is 0 Å². The van der Waals surface area contributed by atoms with Crippen molar-refractivity contribution >= 4 is 12.1 Å². The first-order valence-corrected chi connectivity index (χ1v) is 8.08. The first-order chi connectivity index (χ1) is 12.2. The Balaban J connectivity index is 1.80. The molecule has 25 heavy (non-hydrogen) atoms. The molecule has 130 valence electrons. The highest BCUT2D eigenvalue weighted by molar-refractivity contribution is 5.83. The molecule has 0 spiro atoms. The third-order valence-corrected chi connectivity index (χ3v) is 3.25. The number of hydrogen-bond donors (Lipinski definition) is 1. The lowest BCUT2D eigenvalue weighted by molar-refractivity contribution is -0.120. The summed E-state index contributed by atoms with van der Waals surface area (Å²) in [7, 11) is 0. The van der Waals surface area contributed by atoms with Gasteiger partial charge < -0.3 is 9.47 Å². The van der Waals surface area contributed by atoms with Gasteiger partial charge in [-0.05, 0) is 54.4 Å². The second-order valence-electron chi connectivity index (χ2n) is 5.22. The number of hydrazone groups is 1. The molecule has 0 heterocycles. The van der Waals surface area contributed by atoms with Crippen LogP contribution >= 0.6 is 0 Å². The van der Waals surface area contributed by atoms with Gasteiger partial charge in [-0.3, -0.25) is 4.79 Å². The van der Waals surface area contributed by atoms with Gasteiger partial charge in [0.2, 0.25) is 5.91 Å². The molecular weight excluding hydrogens is 316 g/mol. The number of ether oxygens (including phenoxy) is 2. The molecule has 0 unspecified atom stereocenters. The quantitative estimate of drug-likeness (QED) is 0.433. The molecule has 0 fully saturated rings. The van der Waals surface area contributed by atoms with Crippen LogP contribution in [0.1, 0.15) is 18.1 Å². The molecule has 2 aromatic carbocycles. The van der Waals surface area contributed by atoms with Gasteiger partial charge in [-0.2, -0.15) is 5.10 Å². The fraction of sp³-hybridized carbons (Fsp3) is 0.200. The van der Waals surface area contributed by atoms with Crippen LogP contribution in [0, 0.1) is 0 Å². The predicted molar refractivity (Wildman–Crippen MR) is 99.2 cm³/mol. The van der Waals surface area contributed by atoms with Gasteiger partial charge in [0.05, 0.1) is 19.2 Å². The van der Waals surface area contributed by atoms with E-state index < -0.39 is 0 Å². The normalized spacial score (nSPS) is 10.4. The molecule has 1 amide bonds. The molecule has 0 aliphatic rings. The van der Waals surface area contributed by atoms with Crippen molar-refractivity contribution in [3.8, 4) is 11.5 Å². The molecule has 0 saturated carbocycles. The second-order valence-corrected chi connectivity index (χ2v) is 5.22. The minimum absolute atomic E-state index is 0.175. The highest BCUT2D eigenvalue weighted by Gasteiger charge is 2.02. The fourth-order valence-corrected chi connectivity index (χ4v) is 2.08. The monoisotopic (exact) mass is 338 g/mol. The second kappa shape index (κ2) is 9.93. The summed E-state index contributed by atoms with van der Waals surface area (Å²) < 4.78 is 10.8. The SMILES string of the molecule is C=CCOc1ccc(/C=N\NC(=O)Cc2ccc(OCC)cc2)cc1. The minimum Gasteiger partial charge on any atom is -0.494 e. The maximum atomic E-state index is 11.9. The van der Waals surface area contributed by atoms with Crippen molar-refractivity contribution in [1.82, 2.24) is 5.43 Å². The van der Waals surface area contributed by atoms with Crippen LogP contribution in [0.25, 0.3) is 0 Å². The van der Waals surface area contributed by atoms with Crippen LogP contribution in [-0.4, -0.2) is 25.3 Å². The van der Waals surface area contributed by atoms with Crippen molar-refractivity contribution in [2.45, 2.75) is 13.3 Å². The molecule has 0 aliphatic carbocycles. The molecule has 0 aromatic heterocycles. The lowest BCUT2D eigenvalue weighted by Gasteiger charge is -2.04. The Hall–Kier alpha value is -3.08. The molecule has 0 atom stereocenters. The van der Waals surface area contributed by atoms with Crippen molar-refractivity contribution in [1.29, 1.82) is 0 Å². The van der Waals surface area contributed by atoms with E-state index in [1.54, 1.807) is 12.3 Å². The highest BCUT2D eigenvalue weighted by Crippen LogP contribution is 2.12. The molecule has 0 bridgehead atoms. The van der Waals surface area contributed by atoms with Gasteiger partial charge in [-0.1, -0.05) is 24.8 Å². The lowest BCUT2D eigenvalue weighted by Crippen LogP contribution is -2.19. The number of benzene rings is 2. The van der Waals surface area contributed by atoms with Gasteiger partial charge in [0.1, 0.15) is 18.1 Å². The van der Waals surface area contributed by atoms with Crippen molar-refractivity contribution < 1.29 is 14.3 Å². The Morgan fingerprint density at radius 1 is 1.08 bits per heavy atom. The standard InChI is InChI=1S/C20H22N2O3/c1-3-13-25-19-11-7-17(8-12-19)15-21-22-20(23)14-16-5-9-18(10-6-16)24-4-2/h3,5-12,15H,1,4,13-14H2,2H3,(H,22,23)/b21-15-. The average Bonchev–Trinajstić information content (AvgIpc) is 2.63. The first-order valence-electron chi connectivity index (χ1n) is 8.08. The Labute approximate surface area is 148 Å². The largest absolute Gasteiger partial charge is 0.494 e. The number of amides is 1. The van der Waals surface area contributed by atoms with E-state index in [9.17, 15) is 4.79 Å². The van der Waals surface area contributed by atoms with Gasteiger partial charge in [0.15, 0.2) is 0 Å². The first kappa shape index (κ1) is 18.3. The van der Waals surface area contributed by atoms with E-state index in [0.717, 1.165) is 22.6 Å². The van der Waals surface area contributed by atoms with Crippen LogP contribution in [0.5, 0.6) is 11.5 Å². The number of carbonyl (C=O) groups excluding carboxylic acids is 1. The smallest absolute Gasteiger partial charge is 0.244 e. The summed E-state index contributed by atoms with van der Waals surface area (Å²) in [5.41, 5.74) is 4.29. The van der Waals surface area contributed by atoms with Gasteiger partial charge in [-0.25, -0.2) is 5.43 Å². The Kier molecular flexibility index (Phi) is 7.25. The van der Waals surface area contributed by atoms with Crippen LogP contribution in [0.15, 0.2) is 66.3 Å². The van der Waals surface area contributed by atoms with Gasteiger partial charge in [0, 0.05) is 0 Å². The summed E-state index contributed by atoms with van der Waals surface area (Å²) in [4.78, 5) is 11.9. The molecule has 0 saturated heterocycles. The van der Waals surface area contributed by atoms with Crippen LogP contribution in [0.4, 0.5) is 0 Å². The van der Waals surface area contributed by atoms with Crippen molar-refractivity contribution in [2.75, 3.05) is 13.2 Å². The number of nitrogens with zero attached hydrogens (tertiary/aromatic N) is 1. The van der Waals surface area contributed by atoms with E-state index in [-0.39, 0.29) is 12.3 Å². The summed E-state index contributed by atoms with van der Waals surface area (Å²) >= 11 is 0. The van der Waals surface area contributed by atoms with Gasteiger partial charge >= 0.3 is 0 Å². The molecule has 1 N–H and O–H groups in total. The molecule has 2 aromatic rings. The lowest BCUT2D eigenvalue weighted by atomic mass is 10.1. The third kappa shape index (κ3) is 6.51. The summed E-state index contributed by atoms with van der Waals surface area (Å²) in [5, 5.41) is 3.97. The highest BCUT2D eigenvalue weighted by atomic mass is 16.5. The van der Waals surface area contributed by atoms with E-state index in [4.69, 9.17) is 9.47 Å². The summed E-state index contributed by atoms with van der Waals surface area (Å²) in [6.07, 6.45) is 3.54. The van der Waals surface area contributed by atoms with E-state index in [1.807, 2.05) is 55.5 Å². The Morgan fingerprint density at radius 2 is 1.72 bits per heavy atom. The van der Waals surface area contributed by atoms with Crippen molar-refractivity contribution in [3.63, 3.8) is 0 Å². The zero-order valence-corrected chi connectivity index (χ0v) is 14.3. The topological polar surface area (TPSA) is 59.9 Å². The minimum atomic E-state index is -0.175.